The van der Waals surface area contributed by atoms with E-state index in [4.69, 9.17) is 15.3 Å². The van der Waals surface area contributed by atoms with Crippen LogP contribution in [0.1, 0.15) is 62.9 Å². The highest BCUT2D eigenvalue weighted by Crippen LogP contribution is 2.17. The van der Waals surface area contributed by atoms with E-state index >= 15 is 0 Å². The Balaban J connectivity index is 0.00000512. The van der Waals surface area contributed by atoms with E-state index in [0.29, 0.717) is 18.8 Å². The number of benzene rings is 2. The van der Waals surface area contributed by atoms with Crippen LogP contribution >= 0.6 is 12.4 Å². The van der Waals surface area contributed by atoms with Gasteiger partial charge in [0.25, 0.3) is 5.91 Å². The van der Waals surface area contributed by atoms with Crippen molar-refractivity contribution in [3.8, 4) is 11.5 Å². The molecule has 2 aromatic rings. The minimum atomic E-state index is 0. The van der Waals surface area contributed by atoms with Crippen molar-refractivity contribution in [1.29, 1.82) is 0 Å². The van der Waals surface area contributed by atoms with Crippen molar-refractivity contribution in [2.45, 2.75) is 59.0 Å². The summed E-state index contributed by atoms with van der Waals surface area (Å²) >= 11 is 0. The summed E-state index contributed by atoms with van der Waals surface area (Å²) in [6.07, 6.45) is 4.53. The minimum Gasteiger partial charge on any atom is -0.494 e. The summed E-state index contributed by atoms with van der Waals surface area (Å²) in [5.74, 6) is 6.82. The number of nitrogens with two attached hydrogens (primary N) is 1. The third-order valence-corrected chi connectivity index (χ3v) is 4.88. The number of nitrogens with zero attached hydrogens (tertiary/aromatic N) is 2. The van der Waals surface area contributed by atoms with Gasteiger partial charge in [0.1, 0.15) is 11.5 Å². The normalized spacial score (nSPS) is 10.9. The summed E-state index contributed by atoms with van der Waals surface area (Å²) in [5, 5.41) is 3.50. The van der Waals surface area contributed by atoms with Crippen molar-refractivity contribution in [3.63, 3.8) is 0 Å². The Bertz CT molecular complexity index is 813. The summed E-state index contributed by atoms with van der Waals surface area (Å²) in [6, 6.07) is 15.4. The number of carbonyl (C=O) groups is 1. The molecule has 6 nitrogen and oxygen atoms in total. The van der Waals surface area contributed by atoms with Crippen molar-refractivity contribution in [2.75, 3.05) is 13.2 Å². The second-order valence-corrected chi connectivity index (χ2v) is 8.03. The Morgan fingerprint density at radius 3 is 1.78 bits per heavy atom. The van der Waals surface area contributed by atoms with Gasteiger partial charge in [0.05, 0.1) is 19.4 Å². The van der Waals surface area contributed by atoms with Crippen molar-refractivity contribution in [2.24, 2.45) is 10.9 Å². The van der Waals surface area contributed by atoms with E-state index < -0.39 is 0 Å². The van der Waals surface area contributed by atoms with Crippen LogP contribution in [0.3, 0.4) is 0 Å². The summed E-state index contributed by atoms with van der Waals surface area (Å²) in [6.45, 7) is 9.46. The zero-order valence-electron chi connectivity index (χ0n) is 19.5. The number of carbonyl (C=O) groups excluding carboxylic acids is 1. The topological polar surface area (TPSA) is 77.2 Å². The fourth-order valence-electron chi connectivity index (χ4n) is 3.41. The van der Waals surface area contributed by atoms with Crippen molar-refractivity contribution >= 4 is 24.5 Å². The molecule has 0 radical (unpaired) electrons. The molecule has 0 aliphatic rings. The SMILES string of the molecule is CC(C)N(C(=O)c1ccc(OCCCCCOc2ccc(C=NN)cc2)cc1)C(C)C.Cl. The zero-order valence-corrected chi connectivity index (χ0v) is 20.3. The highest BCUT2D eigenvalue weighted by Gasteiger charge is 2.21. The van der Waals surface area contributed by atoms with Gasteiger partial charge in [-0.25, -0.2) is 0 Å². The van der Waals surface area contributed by atoms with Gasteiger partial charge >= 0.3 is 0 Å². The van der Waals surface area contributed by atoms with Crippen LogP contribution in [-0.2, 0) is 0 Å². The molecule has 0 aliphatic heterocycles. The molecule has 1 amide bonds. The van der Waals surface area contributed by atoms with Gasteiger partial charge in [-0.1, -0.05) is 0 Å². The number of ether oxygens (including phenoxy) is 2. The number of unbranched alkanes of at least 4 members (excludes halogenated alkanes) is 2. The maximum Gasteiger partial charge on any atom is 0.254 e. The molecule has 0 bridgehead atoms. The molecule has 176 valence electrons. The number of halogens is 1. The molecule has 0 heterocycles. The van der Waals surface area contributed by atoms with Gasteiger partial charge in [0, 0.05) is 17.6 Å². The Hall–Kier alpha value is -2.73. The van der Waals surface area contributed by atoms with Crippen molar-refractivity contribution < 1.29 is 14.3 Å². The van der Waals surface area contributed by atoms with E-state index in [9.17, 15) is 4.79 Å². The lowest BCUT2D eigenvalue weighted by atomic mass is 10.1. The van der Waals surface area contributed by atoms with Gasteiger partial charge in [-0.2, -0.15) is 5.10 Å². The molecule has 0 fully saturated rings. The first-order chi connectivity index (χ1) is 14.9. The zero-order chi connectivity index (χ0) is 22.6. The van der Waals surface area contributed by atoms with Crippen LogP contribution in [0.2, 0.25) is 0 Å². The molecule has 0 saturated heterocycles. The molecular weight excluding hydrogens is 426 g/mol. The Kier molecular flexibility index (Phi) is 12.2. The van der Waals surface area contributed by atoms with Gasteiger partial charge in [0.2, 0.25) is 0 Å². The van der Waals surface area contributed by atoms with Crippen LogP contribution in [0.5, 0.6) is 11.5 Å². The van der Waals surface area contributed by atoms with Crippen molar-refractivity contribution in [3.05, 3.63) is 59.7 Å². The van der Waals surface area contributed by atoms with Gasteiger partial charge in [0.15, 0.2) is 0 Å². The van der Waals surface area contributed by atoms with Crippen LogP contribution in [0.4, 0.5) is 0 Å². The van der Waals surface area contributed by atoms with E-state index in [1.807, 2.05) is 81.1 Å². The molecule has 0 saturated carbocycles. The molecule has 7 heteroatoms. The first-order valence-electron chi connectivity index (χ1n) is 10.9. The smallest absolute Gasteiger partial charge is 0.254 e. The molecule has 2 rings (SSSR count). The third kappa shape index (κ3) is 8.79. The monoisotopic (exact) mass is 461 g/mol. The summed E-state index contributed by atoms with van der Waals surface area (Å²) in [7, 11) is 0. The summed E-state index contributed by atoms with van der Waals surface area (Å²) in [4.78, 5) is 14.6. The van der Waals surface area contributed by atoms with Gasteiger partial charge in [-0.05, 0) is 101 Å². The molecular formula is C25H36ClN3O3. The van der Waals surface area contributed by atoms with Gasteiger partial charge in [-0.15, -0.1) is 12.4 Å². The third-order valence-electron chi connectivity index (χ3n) is 4.88. The lowest BCUT2D eigenvalue weighted by Crippen LogP contribution is -2.42. The number of amides is 1. The molecule has 2 N–H and O–H groups in total. The summed E-state index contributed by atoms with van der Waals surface area (Å²) in [5.41, 5.74) is 1.64. The van der Waals surface area contributed by atoms with Crippen LogP contribution in [0.25, 0.3) is 0 Å². The maximum atomic E-state index is 12.7. The van der Waals surface area contributed by atoms with Gasteiger partial charge in [-0.3, -0.25) is 4.79 Å². The largest absolute Gasteiger partial charge is 0.494 e. The number of hydrogen-bond donors (Lipinski definition) is 1. The quantitative estimate of drug-likeness (QED) is 0.202. The first kappa shape index (κ1) is 27.3. The number of hydrogen-bond acceptors (Lipinski definition) is 5. The molecule has 32 heavy (non-hydrogen) atoms. The van der Waals surface area contributed by atoms with Crippen LogP contribution in [-0.4, -0.2) is 42.3 Å². The van der Waals surface area contributed by atoms with Crippen LogP contribution in [0.15, 0.2) is 53.6 Å². The average molecular weight is 462 g/mol. The van der Waals surface area contributed by atoms with E-state index in [2.05, 4.69) is 5.10 Å². The van der Waals surface area contributed by atoms with Crippen LogP contribution < -0.4 is 15.3 Å². The molecule has 0 aliphatic carbocycles. The molecule has 0 spiro atoms. The standard InChI is InChI=1S/C25H35N3O3.ClH/c1-19(2)28(20(3)4)25(29)22-10-14-24(15-11-22)31-17-7-5-6-16-30-23-12-8-21(9-13-23)18-27-26;/h8-15,18-20H,5-7,16-17,26H2,1-4H3;1H. The maximum absolute atomic E-state index is 12.7. The molecule has 0 atom stereocenters. The summed E-state index contributed by atoms with van der Waals surface area (Å²) < 4.78 is 11.5. The predicted molar refractivity (Wildman–Crippen MR) is 133 cm³/mol. The molecule has 0 aromatic heterocycles. The molecule has 2 aromatic carbocycles. The second-order valence-electron chi connectivity index (χ2n) is 8.03. The highest BCUT2D eigenvalue weighted by atomic mass is 35.5. The number of rotatable bonds is 12. The fourth-order valence-corrected chi connectivity index (χ4v) is 3.41. The minimum absolute atomic E-state index is 0. The predicted octanol–water partition coefficient (Wildman–Crippen LogP) is 5.29. The first-order valence-corrected chi connectivity index (χ1v) is 10.9. The Morgan fingerprint density at radius 2 is 1.34 bits per heavy atom. The Morgan fingerprint density at radius 1 is 0.875 bits per heavy atom. The van der Waals surface area contributed by atoms with E-state index in [0.717, 1.165) is 36.3 Å². The highest BCUT2D eigenvalue weighted by molar-refractivity contribution is 5.94. The Labute approximate surface area is 198 Å². The van der Waals surface area contributed by atoms with E-state index in [1.165, 1.54) is 0 Å². The van der Waals surface area contributed by atoms with Crippen molar-refractivity contribution in [1.82, 2.24) is 4.90 Å². The number of hydrazone groups is 1. The average Bonchev–Trinajstić information content (AvgIpc) is 2.74. The van der Waals surface area contributed by atoms with E-state index in [-0.39, 0.29) is 30.4 Å². The van der Waals surface area contributed by atoms with Gasteiger partial charge < -0.3 is 20.2 Å². The lowest BCUT2D eigenvalue weighted by molar-refractivity contribution is 0.0643. The molecule has 0 unspecified atom stereocenters. The second kappa shape index (κ2) is 14.4. The lowest BCUT2D eigenvalue weighted by Gasteiger charge is -2.30. The fraction of sp³-hybridized carbons (Fsp3) is 0.440. The van der Waals surface area contributed by atoms with Crippen LogP contribution in [0, 0.1) is 0 Å². The van der Waals surface area contributed by atoms with E-state index in [1.54, 1.807) is 6.21 Å².